The van der Waals surface area contributed by atoms with Crippen LogP contribution in [0.1, 0.15) is 39.2 Å². The largest absolute Gasteiger partial charge is 0.357 e. The molecular formula is C19H32IN5O. The average Bonchev–Trinajstić information content (AvgIpc) is 2.55. The van der Waals surface area contributed by atoms with Gasteiger partial charge in [-0.25, -0.2) is 4.98 Å². The van der Waals surface area contributed by atoms with Crippen LogP contribution in [-0.2, 0) is 4.79 Å². The molecule has 0 aliphatic carbocycles. The van der Waals surface area contributed by atoms with E-state index in [0.29, 0.717) is 30.6 Å². The molecule has 0 radical (unpaired) electrons. The van der Waals surface area contributed by atoms with Crippen LogP contribution in [0.4, 0.5) is 5.82 Å². The van der Waals surface area contributed by atoms with Gasteiger partial charge in [0.25, 0.3) is 0 Å². The Kier molecular flexibility index (Phi) is 9.90. The number of aryl methyl sites for hydroxylation is 1. The van der Waals surface area contributed by atoms with E-state index in [1.165, 1.54) is 6.42 Å². The number of carbonyl (C=O) groups excluding carboxylic acids is 1. The van der Waals surface area contributed by atoms with Gasteiger partial charge in [0.05, 0.1) is 6.54 Å². The molecule has 1 amide bonds. The van der Waals surface area contributed by atoms with Crippen LogP contribution in [0.3, 0.4) is 0 Å². The first-order valence-corrected chi connectivity index (χ1v) is 9.23. The van der Waals surface area contributed by atoms with Gasteiger partial charge < -0.3 is 15.5 Å². The third-order valence-corrected chi connectivity index (χ3v) is 4.28. The van der Waals surface area contributed by atoms with Crippen LogP contribution in [-0.4, -0.2) is 47.9 Å². The number of piperidine rings is 1. The van der Waals surface area contributed by atoms with Gasteiger partial charge in [0, 0.05) is 32.3 Å². The zero-order valence-corrected chi connectivity index (χ0v) is 18.6. The predicted octanol–water partition coefficient (Wildman–Crippen LogP) is 3.28. The summed E-state index contributed by atoms with van der Waals surface area (Å²) in [6, 6.07) is 3.75. The number of halogens is 1. The van der Waals surface area contributed by atoms with E-state index in [1.807, 2.05) is 19.1 Å². The van der Waals surface area contributed by atoms with Crippen LogP contribution >= 0.6 is 24.0 Å². The number of hydrogen-bond donors (Lipinski definition) is 2. The van der Waals surface area contributed by atoms with Gasteiger partial charge in [-0.2, -0.15) is 0 Å². The van der Waals surface area contributed by atoms with Crippen molar-refractivity contribution in [2.24, 2.45) is 16.8 Å². The van der Waals surface area contributed by atoms with Gasteiger partial charge >= 0.3 is 0 Å². The minimum Gasteiger partial charge on any atom is -0.357 e. The third-order valence-electron chi connectivity index (χ3n) is 4.28. The van der Waals surface area contributed by atoms with Gasteiger partial charge in [-0.1, -0.05) is 19.9 Å². The van der Waals surface area contributed by atoms with E-state index in [2.05, 4.69) is 46.3 Å². The maximum absolute atomic E-state index is 12.1. The number of hydrogen-bond acceptors (Lipinski definition) is 3. The molecule has 2 atom stereocenters. The zero-order valence-electron chi connectivity index (χ0n) is 16.3. The van der Waals surface area contributed by atoms with Gasteiger partial charge in [-0.15, -0.1) is 24.0 Å². The summed E-state index contributed by atoms with van der Waals surface area (Å²) in [4.78, 5) is 23.2. The van der Waals surface area contributed by atoms with Gasteiger partial charge in [0.1, 0.15) is 5.82 Å². The minimum atomic E-state index is -0.0590. The number of pyridine rings is 1. The summed E-state index contributed by atoms with van der Waals surface area (Å²) in [6.45, 7) is 12.0. The molecule has 0 saturated carbocycles. The second-order valence-corrected chi connectivity index (χ2v) is 7.11. The molecule has 0 aromatic carbocycles. The van der Waals surface area contributed by atoms with Crippen molar-refractivity contribution in [3.8, 4) is 0 Å². The molecule has 0 bridgehead atoms. The van der Waals surface area contributed by atoms with E-state index >= 15 is 0 Å². The van der Waals surface area contributed by atoms with Crippen LogP contribution in [0.25, 0.3) is 0 Å². The Morgan fingerprint density at radius 1 is 1.31 bits per heavy atom. The summed E-state index contributed by atoms with van der Waals surface area (Å²) >= 11 is 0. The highest BCUT2D eigenvalue weighted by Gasteiger charge is 2.23. The van der Waals surface area contributed by atoms with Crippen LogP contribution in [0, 0.1) is 18.8 Å². The van der Waals surface area contributed by atoms with Crippen LogP contribution in [0.5, 0.6) is 0 Å². The summed E-state index contributed by atoms with van der Waals surface area (Å²) in [5.74, 6) is 2.79. The molecule has 1 saturated heterocycles. The molecule has 6 nitrogen and oxygen atoms in total. The molecule has 1 aliphatic rings. The fourth-order valence-corrected chi connectivity index (χ4v) is 3.27. The molecule has 2 unspecified atom stereocenters. The number of carbonyl (C=O) groups is 1. The number of anilines is 1. The Labute approximate surface area is 174 Å². The molecule has 1 fully saturated rings. The maximum Gasteiger partial charge on any atom is 0.227 e. The van der Waals surface area contributed by atoms with E-state index < -0.39 is 0 Å². The summed E-state index contributed by atoms with van der Waals surface area (Å²) in [5.41, 5.74) is 1.07. The maximum atomic E-state index is 12.1. The number of guanidine groups is 1. The van der Waals surface area contributed by atoms with Crippen molar-refractivity contribution in [1.82, 2.24) is 15.2 Å². The SMILES string of the molecule is CCNC(=NCCC(=O)Nc1ccc(C)cn1)N1CC(C)CC(C)C1.I. The first-order valence-electron chi connectivity index (χ1n) is 9.23. The van der Waals surface area contributed by atoms with Gasteiger partial charge in [0.2, 0.25) is 5.91 Å². The highest BCUT2D eigenvalue weighted by Crippen LogP contribution is 2.20. The molecule has 0 spiro atoms. The lowest BCUT2D eigenvalue weighted by molar-refractivity contribution is -0.116. The summed E-state index contributed by atoms with van der Waals surface area (Å²) < 4.78 is 0. The third kappa shape index (κ3) is 7.47. The second-order valence-electron chi connectivity index (χ2n) is 7.11. The smallest absolute Gasteiger partial charge is 0.227 e. The summed E-state index contributed by atoms with van der Waals surface area (Å²) in [7, 11) is 0. The fraction of sp³-hybridized carbons (Fsp3) is 0.632. The minimum absolute atomic E-state index is 0. The van der Waals surface area contributed by atoms with E-state index in [1.54, 1.807) is 6.20 Å². The number of aromatic nitrogens is 1. The van der Waals surface area contributed by atoms with Crippen LogP contribution < -0.4 is 10.6 Å². The number of likely N-dealkylation sites (tertiary alicyclic amines) is 1. The molecule has 1 aromatic heterocycles. The first-order chi connectivity index (χ1) is 12.0. The quantitative estimate of drug-likeness (QED) is 0.391. The molecular weight excluding hydrogens is 441 g/mol. The van der Waals surface area contributed by atoms with Gasteiger partial charge in [-0.05, 0) is 43.7 Å². The van der Waals surface area contributed by atoms with Crippen molar-refractivity contribution in [2.45, 2.75) is 40.5 Å². The number of amides is 1. The number of rotatable bonds is 5. The van der Waals surface area contributed by atoms with Crippen LogP contribution in [0.2, 0.25) is 0 Å². The Hall–Kier alpha value is -1.38. The molecule has 2 N–H and O–H groups in total. The van der Waals surface area contributed by atoms with Crippen molar-refractivity contribution in [3.05, 3.63) is 23.9 Å². The number of nitrogens with zero attached hydrogens (tertiary/aromatic N) is 3. The molecule has 146 valence electrons. The van der Waals surface area contributed by atoms with Crippen LogP contribution in [0.15, 0.2) is 23.3 Å². The number of aliphatic imine (C=N–C) groups is 1. The standard InChI is InChI=1S/C19H31N5O.HI/c1-5-20-19(24-12-15(3)10-16(4)13-24)21-9-8-18(25)23-17-7-6-14(2)11-22-17;/h6-7,11,15-16H,5,8-10,12-13H2,1-4H3,(H,20,21)(H,22,23,25);1H. The average molecular weight is 473 g/mol. The predicted molar refractivity (Wildman–Crippen MR) is 118 cm³/mol. The molecule has 1 aliphatic heterocycles. The molecule has 7 heteroatoms. The lowest BCUT2D eigenvalue weighted by Crippen LogP contribution is -2.48. The molecule has 26 heavy (non-hydrogen) atoms. The van der Waals surface area contributed by atoms with Gasteiger partial charge in [-0.3, -0.25) is 9.79 Å². The van der Waals surface area contributed by atoms with Crippen molar-refractivity contribution in [1.29, 1.82) is 0 Å². The Balaban J connectivity index is 0.00000338. The Morgan fingerprint density at radius 3 is 2.58 bits per heavy atom. The lowest BCUT2D eigenvalue weighted by Gasteiger charge is -2.37. The highest BCUT2D eigenvalue weighted by atomic mass is 127. The topological polar surface area (TPSA) is 69.6 Å². The fourth-order valence-electron chi connectivity index (χ4n) is 3.27. The van der Waals surface area contributed by atoms with Crippen molar-refractivity contribution in [2.75, 3.05) is 31.5 Å². The highest BCUT2D eigenvalue weighted by molar-refractivity contribution is 14.0. The van der Waals surface area contributed by atoms with Crippen molar-refractivity contribution in [3.63, 3.8) is 0 Å². The Morgan fingerprint density at radius 2 is 2.00 bits per heavy atom. The van der Waals surface area contributed by atoms with E-state index in [4.69, 9.17) is 0 Å². The normalized spacial score (nSPS) is 20.3. The number of nitrogens with one attached hydrogen (secondary N) is 2. The van der Waals surface area contributed by atoms with Crippen molar-refractivity contribution < 1.29 is 4.79 Å². The van der Waals surface area contributed by atoms with E-state index in [0.717, 1.165) is 31.2 Å². The lowest BCUT2D eigenvalue weighted by atomic mass is 9.92. The summed E-state index contributed by atoms with van der Waals surface area (Å²) in [6.07, 6.45) is 3.36. The molecule has 2 rings (SSSR count). The van der Waals surface area contributed by atoms with Gasteiger partial charge in [0.15, 0.2) is 5.96 Å². The second kappa shape index (κ2) is 11.4. The first kappa shape index (κ1) is 22.7. The van der Waals surface area contributed by atoms with E-state index in [9.17, 15) is 4.79 Å². The zero-order chi connectivity index (χ0) is 18.2. The van der Waals surface area contributed by atoms with E-state index in [-0.39, 0.29) is 29.9 Å². The molecule has 1 aromatic rings. The Bertz CT molecular complexity index is 580. The monoisotopic (exact) mass is 473 g/mol. The molecule has 2 heterocycles. The summed E-state index contributed by atoms with van der Waals surface area (Å²) in [5, 5.41) is 6.17. The van der Waals surface area contributed by atoms with Crippen molar-refractivity contribution >= 4 is 41.7 Å².